The van der Waals surface area contributed by atoms with E-state index in [0.29, 0.717) is 0 Å². The Morgan fingerprint density at radius 1 is 1.43 bits per heavy atom. The first-order valence-electron chi connectivity index (χ1n) is 5.14. The van der Waals surface area contributed by atoms with Crippen molar-refractivity contribution in [2.75, 3.05) is 13.7 Å². The number of carbonyl (C=O) groups is 1. The highest BCUT2D eigenvalue weighted by atomic mass is 16.5. The Morgan fingerprint density at radius 2 is 2.07 bits per heavy atom. The minimum Gasteiger partial charge on any atom is -0.358 e. The zero-order valence-electron chi connectivity index (χ0n) is 9.46. The maximum atomic E-state index is 11.8. The third-order valence-corrected chi connectivity index (χ3v) is 2.80. The lowest BCUT2D eigenvalue weighted by Gasteiger charge is -2.24. The quantitative estimate of drug-likeness (QED) is 0.689. The predicted molar refractivity (Wildman–Crippen MR) is 55.8 cm³/mol. The number of ether oxygens (including phenoxy) is 1. The van der Waals surface area contributed by atoms with Gasteiger partial charge in [-0.3, -0.25) is 4.79 Å². The summed E-state index contributed by atoms with van der Waals surface area (Å²) in [4.78, 5) is 13.6. The van der Waals surface area contributed by atoms with Crippen molar-refractivity contribution in [2.24, 2.45) is 0 Å². The van der Waals surface area contributed by atoms with Gasteiger partial charge in [-0.15, -0.1) is 0 Å². The van der Waals surface area contributed by atoms with Crippen LogP contribution in [0.3, 0.4) is 0 Å². The summed E-state index contributed by atoms with van der Waals surface area (Å²) in [5.41, 5.74) is 1.89. The second-order valence-corrected chi connectivity index (χ2v) is 3.75. The molecule has 0 aromatic carbocycles. The lowest BCUT2D eigenvalue weighted by molar-refractivity contribution is -0.133. The molecule has 3 heteroatoms. The van der Waals surface area contributed by atoms with Crippen LogP contribution in [-0.2, 0) is 9.53 Å². The molecule has 0 saturated carbocycles. The lowest BCUT2D eigenvalue weighted by atomic mass is 10.2. The molecule has 80 valence electrons. The van der Waals surface area contributed by atoms with Crippen molar-refractivity contribution in [1.82, 2.24) is 4.90 Å². The molecular weight excluding hydrogens is 178 g/mol. The molecule has 1 atom stereocenters. The fourth-order valence-electron chi connectivity index (χ4n) is 1.76. The van der Waals surface area contributed by atoms with E-state index in [9.17, 15) is 4.79 Å². The average molecular weight is 197 g/mol. The molecule has 0 spiro atoms. The van der Waals surface area contributed by atoms with Crippen molar-refractivity contribution in [3.05, 3.63) is 11.1 Å². The molecule has 1 aliphatic rings. The first-order valence-corrected chi connectivity index (χ1v) is 5.14. The molecule has 0 bridgehead atoms. The summed E-state index contributed by atoms with van der Waals surface area (Å²) in [6.45, 7) is 6.75. The highest BCUT2D eigenvalue weighted by Crippen LogP contribution is 2.25. The minimum absolute atomic E-state index is 0.128. The second kappa shape index (κ2) is 4.60. The number of hydrogen-bond donors (Lipinski definition) is 0. The standard InChI is InChI=1S/C11H19NO2/c1-5-6-7-12-10(13)8(2)9(3)11(12)14-4/h11H,5-7H2,1-4H3. The van der Waals surface area contributed by atoms with Gasteiger partial charge in [0.15, 0.2) is 6.23 Å². The molecule has 0 aromatic heterocycles. The molecule has 1 heterocycles. The first kappa shape index (κ1) is 11.2. The van der Waals surface area contributed by atoms with Crippen LogP contribution >= 0.6 is 0 Å². The zero-order valence-corrected chi connectivity index (χ0v) is 9.46. The monoisotopic (exact) mass is 197 g/mol. The number of carbonyl (C=O) groups excluding carboxylic acids is 1. The summed E-state index contributed by atoms with van der Waals surface area (Å²) in [7, 11) is 1.65. The van der Waals surface area contributed by atoms with Crippen LogP contribution in [-0.4, -0.2) is 30.7 Å². The van der Waals surface area contributed by atoms with Crippen molar-refractivity contribution < 1.29 is 9.53 Å². The number of hydrogen-bond acceptors (Lipinski definition) is 2. The van der Waals surface area contributed by atoms with Crippen molar-refractivity contribution >= 4 is 5.91 Å². The summed E-state index contributed by atoms with van der Waals surface area (Å²) < 4.78 is 5.32. The van der Waals surface area contributed by atoms with Crippen molar-refractivity contribution in [3.8, 4) is 0 Å². The van der Waals surface area contributed by atoms with E-state index in [1.807, 2.05) is 18.7 Å². The number of methoxy groups -OCH3 is 1. The van der Waals surface area contributed by atoms with E-state index in [2.05, 4.69) is 6.92 Å². The molecule has 1 amide bonds. The average Bonchev–Trinajstić information content (AvgIpc) is 2.39. The van der Waals surface area contributed by atoms with Crippen LogP contribution in [0, 0.1) is 0 Å². The SMILES string of the molecule is CCCCN1C(=O)C(C)=C(C)C1OC. The maximum absolute atomic E-state index is 11.8. The Labute approximate surface area is 85.7 Å². The van der Waals surface area contributed by atoms with Gasteiger partial charge in [-0.2, -0.15) is 0 Å². The molecule has 0 aromatic rings. The van der Waals surface area contributed by atoms with E-state index in [1.165, 1.54) is 0 Å². The van der Waals surface area contributed by atoms with Gasteiger partial charge in [0.05, 0.1) is 0 Å². The van der Waals surface area contributed by atoms with Crippen LogP contribution in [0.1, 0.15) is 33.6 Å². The van der Waals surface area contributed by atoms with Gasteiger partial charge in [-0.25, -0.2) is 0 Å². The number of unbranched alkanes of at least 4 members (excludes halogenated alkanes) is 1. The van der Waals surface area contributed by atoms with Crippen LogP contribution < -0.4 is 0 Å². The predicted octanol–water partition coefficient (Wildman–Crippen LogP) is 1.94. The number of rotatable bonds is 4. The molecule has 1 unspecified atom stereocenters. The van der Waals surface area contributed by atoms with Gasteiger partial charge < -0.3 is 9.64 Å². The summed E-state index contributed by atoms with van der Waals surface area (Å²) in [6, 6.07) is 0. The van der Waals surface area contributed by atoms with Crippen LogP contribution in [0.4, 0.5) is 0 Å². The molecule has 0 saturated heterocycles. The zero-order chi connectivity index (χ0) is 10.7. The second-order valence-electron chi connectivity index (χ2n) is 3.75. The van der Waals surface area contributed by atoms with Crippen molar-refractivity contribution in [3.63, 3.8) is 0 Å². The molecule has 0 fully saturated rings. The summed E-state index contributed by atoms with van der Waals surface area (Å²) in [6.07, 6.45) is 2.00. The Kier molecular flexibility index (Phi) is 3.69. The van der Waals surface area contributed by atoms with Crippen molar-refractivity contribution in [2.45, 2.75) is 39.8 Å². The fraction of sp³-hybridized carbons (Fsp3) is 0.727. The van der Waals surface area contributed by atoms with Gasteiger partial charge in [0.2, 0.25) is 0 Å². The van der Waals surface area contributed by atoms with E-state index in [-0.39, 0.29) is 12.1 Å². The van der Waals surface area contributed by atoms with E-state index >= 15 is 0 Å². The van der Waals surface area contributed by atoms with Gasteiger partial charge in [-0.05, 0) is 25.8 Å². The summed E-state index contributed by atoms with van der Waals surface area (Å²) >= 11 is 0. The largest absolute Gasteiger partial charge is 0.358 e. The molecule has 0 N–H and O–H groups in total. The Bertz CT molecular complexity index is 258. The third-order valence-electron chi connectivity index (χ3n) is 2.80. The number of amides is 1. The molecular formula is C11H19NO2. The normalized spacial score (nSPS) is 22.4. The summed E-state index contributed by atoms with van der Waals surface area (Å²) in [5.74, 6) is 0.128. The smallest absolute Gasteiger partial charge is 0.251 e. The fourth-order valence-corrected chi connectivity index (χ4v) is 1.76. The van der Waals surface area contributed by atoms with Gasteiger partial charge in [-0.1, -0.05) is 13.3 Å². The van der Waals surface area contributed by atoms with Crippen LogP contribution in [0.5, 0.6) is 0 Å². The number of nitrogens with zero attached hydrogens (tertiary/aromatic N) is 1. The highest BCUT2D eigenvalue weighted by molar-refractivity contribution is 5.96. The van der Waals surface area contributed by atoms with Gasteiger partial charge >= 0.3 is 0 Å². The Morgan fingerprint density at radius 3 is 2.57 bits per heavy atom. The topological polar surface area (TPSA) is 29.5 Å². The maximum Gasteiger partial charge on any atom is 0.251 e. The minimum atomic E-state index is -0.131. The molecule has 14 heavy (non-hydrogen) atoms. The molecule has 1 aliphatic heterocycles. The Hall–Kier alpha value is -0.830. The van der Waals surface area contributed by atoms with E-state index in [1.54, 1.807) is 7.11 Å². The molecule has 0 aliphatic carbocycles. The highest BCUT2D eigenvalue weighted by Gasteiger charge is 2.33. The van der Waals surface area contributed by atoms with E-state index < -0.39 is 0 Å². The Balaban J connectivity index is 2.74. The third kappa shape index (κ3) is 1.82. The summed E-state index contributed by atoms with van der Waals surface area (Å²) in [5, 5.41) is 0. The van der Waals surface area contributed by atoms with Gasteiger partial charge in [0.25, 0.3) is 5.91 Å². The van der Waals surface area contributed by atoms with Crippen molar-refractivity contribution in [1.29, 1.82) is 0 Å². The van der Waals surface area contributed by atoms with E-state index in [0.717, 1.165) is 30.5 Å². The van der Waals surface area contributed by atoms with Crippen LogP contribution in [0.15, 0.2) is 11.1 Å². The molecule has 1 rings (SSSR count). The van der Waals surface area contributed by atoms with Crippen LogP contribution in [0.2, 0.25) is 0 Å². The molecule has 0 radical (unpaired) electrons. The van der Waals surface area contributed by atoms with Gasteiger partial charge in [0, 0.05) is 19.2 Å². The lowest BCUT2D eigenvalue weighted by Crippen LogP contribution is -2.37. The van der Waals surface area contributed by atoms with Gasteiger partial charge in [0.1, 0.15) is 0 Å². The van der Waals surface area contributed by atoms with Crippen LogP contribution in [0.25, 0.3) is 0 Å². The van der Waals surface area contributed by atoms with E-state index in [4.69, 9.17) is 4.74 Å². The molecule has 3 nitrogen and oxygen atoms in total. The first-order chi connectivity index (χ1) is 6.63.